The molecule has 2 N–H and O–H groups in total. The van der Waals surface area contributed by atoms with E-state index in [1.54, 1.807) is 0 Å². The Morgan fingerprint density at radius 2 is 1.70 bits per heavy atom. The molecule has 6 nitrogen and oxygen atoms in total. The van der Waals surface area contributed by atoms with Crippen LogP contribution in [0.25, 0.3) is 0 Å². The summed E-state index contributed by atoms with van der Waals surface area (Å²) in [4.78, 5) is 22.2. The lowest BCUT2D eigenvalue weighted by Crippen LogP contribution is -2.03. The number of hydrogen-bond donors (Lipinski definition) is 2. The van der Waals surface area contributed by atoms with Crippen molar-refractivity contribution in [3.05, 3.63) is 57.4 Å². The lowest BCUT2D eigenvalue weighted by molar-refractivity contribution is -0.135. The van der Waals surface area contributed by atoms with Crippen molar-refractivity contribution in [3.63, 3.8) is 0 Å². The van der Waals surface area contributed by atoms with Crippen LogP contribution in [-0.2, 0) is 14.6 Å². The number of aliphatic hydroxyl groups excluding tert-OH is 1. The fourth-order valence-electron chi connectivity index (χ4n) is 1.60. The van der Waals surface area contributed by atoms with Gasteiger partial charge in [-0.2, -0.15) is 0 Å². The number of ketones is 1. The summed E-state index contributed by atoms with van der Waals surface area (Å²) >= 11 is 6.54. The first kappa shape index (κ1) is 17.2. The maximum atomic E-state index is 12.4. The molecule has 2 rings (SSSR count). The zero-order chi connectivity index (χ0) is 17.2. The number of benzene rings is 1. The van der Waals surface area contributed by atoms with Gasteiger partial charge >= 0.3 is 5.97 Å². The third-order valence-electron chi connectivity index (χ3n) is 2.74. The summed E-state index contributed by atoms with van der Waals surface area (Å²) < 4.78 is 24.8. The van der Waals surface area contributed by atoms with Crippen LogP contribution in [0.3, 0.4) is 0 Å². The zero-order valence-corrected chi connectivity index (χ0v) is 13.7. The van der Waals surface area contributed by atoms with Crippen LogP contribution in [0.4, 0.5) is 0 Å². The first-order valence-electron chi connectivity index (χ1n) is 5.99. The summed E-state index contributed by atoms with van der Waals surface area (Å²) in [6, 6.07) is 6.67. The molecule has 0 fully saturated rings. The van der Waals surface area contributed by atoms with E-state index in [1.165, 1.54) is 29.6 Å². The van der Waals surface area contributed by atoms with Gasteiger partial charge in [-0.15, -0.1) is 11.3 Å². The summed E-state index contributed by atoms with van der Waals surface area (Å²) in [7, 11) is -3.81. The minimum Gasteiger partial charge on any atom is -0.502 e. The van der Waals surface area contributed by atoms with Crippen molar-refractivity contribution in [1.29, 1.82) is 0 Å². The Bertz CT molecular complexity index is 894. The van der Waals surface area contributed by atoms with E-state index in [2.05, 4.69) is 0 Å². The maximum Gasteiger partial charge on any atom is 0.371 e. The largest absolute Gasteiger partial charge is 0.502 e. The second-order valence-electron chi connectivity index (χ2n) is 4.30. The van der Waals surface area contributed by atoms with Gasteiger partial charge in [0.15, 0.2) is 5.78 Å². The number of sulfone groups is 1. The maximum absolute atomic E-state index is 12.4. The quantitative estimate of drug-likeness (QED) is 0.474. The van der Waals surface area contributed by atoms with Gasteiger partial charge in [-0.25, -0.2) is 13.2 Å². The molecule has 0 atom stereocenters. The number of halogens is 1. The van der Waals surface area contributed by atoms with Crippen LogP contribution in [0, 0.1) is 0 Å². The summed E-state index contributed by atoms with van der Waals surface area (Å²) in [6.45, 7) is 0. The van der Waals surface area contributed by atoms with Gasteiger partial charge in [0.1, 0.15) is 0 Å². The molecule has 0 saturated carbocycles. The molecule has 0 unspecified atom stereocenters. The number of rotatable bonds is 5. The minimum atomic E-state index is -3.81. The molecule has 23 heavy (non-hydrogen) atoms. The van der Waals surface area contributed by atoms with Crippen molar-refractivity contribution >= 4 is 44.5 Å². The lowest BCUT2D eigenvalue weighted by atomic mass is 10.3. The van der Waals surface area contributed by atoms with Crippen LogP contribution in [-0.4, -0.2) is 30.4 Å². The highest BCUT2D eigenvalue weighted by atomic mass is 35.5. The van der Waals surface area contributed by atoms with Gasteiger partial charge < -0.3 is 10.2 Å². The van der Waals surface area contributed by atoms with Crippen molar-refractivity contribution in [2.24, 2.45) is 0 Å². The number of carboxylic acid groups (broad SMARTS) is 1. The smallest absolute Gasteiger partial charge is 0.371 e. The van der Waals surface area contributed by atoms with E-state index < -0.39 is 27.3 Å². The first-order chi connectivity index (χ1) is 10.7. The van der Waals surface area contributed by atoms with Gasteiger partial charge in [-0.3, -0.25) is 4.79 Å². The van der Waals surface area contributed by atoms with Crippen molar-refractivity contribution in [1.82, 2.24) is 0 Å². The van der Waals surface area contributed by atoms with Crippen molar-refractivity contribution in [2.45, 2.75) is 9.79 Å². The van der Waals surface area contributed by atoms with E-state index in [1.807, 2.05) is 0 Å². The highest BCUT2D eigenvalue weighted by Gasteiger charge is 2.21. The number of carbonyl (C=O) groups is 2. The van der Waals surface area contributed by atoms with E-state index >= 15 is 0 Å². The zero-order valence-electron chi connectivity index (χ0n) is 11.3. The molecule has 0 aliphatic carbocycles. The Morgan fingerprint density at radius 3 is 2.26 bits per heavy atom. The van der Waals surface area contributed by atoms with Crippen molar-refractivity contribution < 1.29 is 28.2 Å². The molecular weight excluding hydrogens is 364 g/mol. The van der Waals surface area contributed by atoms with Crippen LogP contribution in [0.15, 0.2) is 57.3 Å². The normalized spacial score (nSPS) is 12.1. The van der Waals surface area contributed by atoms with Crippen LogP contribution in [0.5, 0.6) is 0 Å². The highest BCUT2D eigenvalue weighted by molar-refractivity contribution is 7.91. The van der Waals surface area contributed by atoms with E-state index in [4.69, 9.17) is 21.8 Å². The predicted molar refractivity (Wildman–Crippen MR) is 83.9 cm³/mol. The lowest BCUT2D eigenvalue weighted by Gasteiger charge is -2.01. The number of aliphatic carboxylic acids is 1. The summed E-state index contributed by atoms with van der Waals surface area (Å²) in [5.74, 6) is -3.57. The fourth-order valence-corrected chi connectivity index (χ4v) is 4.17. The van der Waals surface area contributed by atoms with E-state index in [9.17, 15) is 18.0 Å². The average molecular weight is 373 g/mol. The molecule has 0 aliphatic heterocycles. The van der Waals surface area contributed by atoms with Gasteiger partial charge in [-0.05, 0) is 30.3 Å². The standard InChI is InChI=1S/C14H9ClO6S2/c15-8-1-3-9(4-2-8)23(20,21)10-5-13(22-7-10)11(16)6-12(17)14(18)19/h1-7,17H,(H,18,19)/b12-6-. The first-order valence-corrected chi connectivity index (χ1v) is 8.73. The molecule has 1 heterocycles. The number of allylic oxidation sites excluding steroid dienone is 1. The number of thiophene rings is 1. The third kappa shape index (κ3) is 3.79. The number of hydrogen-bond acceptors (Lipinski definition) is 6. The topological polar surface area (TPSA) is 109 Å². The highest BCUT2D eigenvalue weighted by Crippen LogP contribution is 2.27. The molecule has 1 aromatic heterocycles. The SMILES string of the molecule is O=C(O)/C(O)=C/C(=O)c1cc(S(=O)(=O)c2ccc(Cl)cc2)cs1. The Balaban J connectivity index is 2.35. The Hall–Kier alpha value is -2.16. The molecule has 0 spiro atoms. The van der Waals surface area contributed by atoms with Gasteiger partial charge in [-0.1, -0.05) is 11.6 Å². The molecule has 2 aromatic rings. The van der Waals surface area contributed by atoms with E-state index in [0.29, 0.717) is 11.1 Å². The molecule has 0 saturated heterocycles. The molecule has 0 radical (unpaired) electrons. The number of aliphatic hydroxyl groups is 1. The summed E-state index contributed by atoms with van der Waals surface area (Å²) in [5.41, 5.74) is 0. The second-order valence-corrected chi connectivity index (χ2v) is 7.60. The molecule has 0 bridgehead atoms. The van der Waals surface area contributed by atoms with Crippen molar-refractivity contribution in [2.75, 3.05) is 0 Å². The molecule has 0 amide bonds. The van der Waals surface area contributed by atoms with Crippen LogP contribution >= 0.6 is 22.9 Å². The summed E-state index contributed by atoms with van der Waals surface area (Å²) in [6.07, 6.45) is 0.521. The van der Waals surface area contributed by atoms with Gasteiger partial charge in [0.2, 0.25) is 15.6 Å². The van der Waals surface area contributed by atoms with Crippen LogP contribution in [0.1, 0.15) is 9.67 Å². The second kappa shape index (κ2) is 6.53. The van der Waals surface area contributed by atoms with Gasteiger partial charge in [0, 0.05) is 16.5 Å². The van der Waals surface area contributed by atoms with Gasteiger partial charge in [0.25, 0.3) is 0 Å². The minimum absolute atomic E-state index is 0.00895. The molecule has 120 valence electrons. The van der Waals surface area contributed by atoms with E-state index in [0.717, 1.165) is 17.4 Å². The Kier molecular flexibility index (Phi) is 4.88. The van der Waals surface area contributed by atoms with Gasteiger partial charge in [0.05, 0.1) is 14.7 Å². The van der Waals surface area contributed by atoms with Crippen LogP contribution in [0.2, 0.25) is 5.02 Å². The molecular formula is C14H9ClO6S2. The molecule has 1 aromatic carbocycles. The number of carbonyl (C=O) groups excluding carboxylic acids is 1. The predicted octanol–water partition coefficient (Wildman–Crippen LogP) is 2.94. The third-order valence-corrected chi connectivity index (χ3v) is 5.83. The fraction of sp³-hybridized carbons (Fsp3) is 0. The average Bonchev–Trinajstić information content (AvgIpc) is 2.98. The summed E-state index contributed by atoms with van der Waals surface area (Å²) in [5, 5.41) is 19.2. The molecule has 9 heteroatoms. The Morgan fingerprint density at radius 1 is 1.09 bits per heavy atom. The number of carboxylic acids is 1. The van der Waals surface area contributed by atoms with E-state index in [-0.39, 0.29) is 14.7 Å². The monoisotopic (exact) mass is 372 g/mol. The van der Waals surface area contributed by atoms with Crippen LogP contribution < -0.4 is 0 Å². The molecule has 0 aliphatic rings. The van der Waals surface area contributed by atoms with Crippen molar-refractivity contribution in [3.8, 4) is 0 Å². The Labute approximate surface area is 140 Å².